The molecule has 4 rings (SSSR count). The summed E-state index contributed by atoms with van der Waals surface area (Å²) in [5.41, 5.74) is 2.89. The van der Waals surface area contributed by atoms with E-state index in [0.717, 1.165) is 12.0 Å². The molecule has 2 amide bonds. The lowest BCUT2D eigenvalue weighted by molar-refractivity contribution is -0.118. The lowest BCUT2D eigenvalue weighted by Gasteiger charge is -2.28. The minimum absolute atomic E-state index is 0.0653. The van der Waals surface area contributed by atoms with E-state index in [1.54, 1.807) is 29.2 Å². The van der Waals surface area contributed by atoms with Gasteiger partial charge in [-0.3, -0.25) is 9.59 Å². The highest BCUT2D eigenvalue weighted by Crippen LogP contribution is 2.24. The van der Waals surface area contributed by atoms with Gasteiger partial charge in [0.15, 0.2) is 12.4 Å². The number of hydrogen-bond acceptors (Lipinski definition) is 4. The summed E-state index contributed by atoms with van der Waals surface area (Å²) in [5.74, 6) is 0.630. The molecular formula is C22H20N2O4. The summed E-state index contributed by atoms with van der Waals surface area (Å²) in [6.45, 7) is 1.06. The number of amides is 2. The predicted octanol–water partition coefficient (Wildman–Crippen LogP) is 3.50. The van der Waals surface area contributed by atoms with E-state index in [9.17, 15) is 9.59 Å². The summed E-state index contributed by atoms with van der Waals surface area (Å²) in [6.07, 6.45) is 2.27. The van der Waals surface area contributed by atoms with E-state index >= 15 is 0 Å². The number of rotatable bonds is 5. The molecule has 2 heterocycles. The highest BCUT2D eigenvalue weighted by molar-refractivity contribution is 5.92. The number of carbonyl (C=O) groups is 2. The van der Waals surface area contributed by atoms with Crippen molar-refractivity contribution in [3.8, 4) is 5.75 Å². The third-order valence-electron chi connectivity index (χ3n) is 4.63. The van der Waals surface area contributed by atoms with Crippen LogP contribution in [0.5, 0.6) is 5.75 Å². The molecule has 0 fully saturated rings. The number of benzene rings is 2. The Balaban J connectivity index is 1.39. The molecular weight excluding hydrogens is 356 g/mol. The summed E-state index contributed by atoms with van der Waals surface area (Å²) in [6, 6.07) is 18.4. The largest absolute Gasteiger partial charge is 0.484 e. The molecule has 0 radical (unpaired) electrons. The number of para-hydroxylation sites is 1. The second-order valence-electron chi connectivity index (χ2n) is 6.59. The Morgan fingerprint density at radius 1 is 1.04 bits per heavy atom. The zero-order valence-corrected chi connectivity index (χ0v) is 15.3. The van der Waals surface area contributed by atoms with Crippen LogP contribution < -0.4 is 10.1 Å². The van der Waals surface area contributed by atoms with Crippen molar-refractivity contribution in [2.45, 2.75) is 13.0 Å². The Kier molecular flexibility index (Phi) is 5.10. The molecule has 0 spiro atoms. The number of furan rings is 1. The zero-order chi connectivity index (χ0) is 19.3. The van der Waals surface area contributed by atoms with Gasteiger partial charge in [-0.25, -0.2) is 0 Å². The average Bonchev–Trinajstić information content (AvgIpc) is 3.27. The molecule has 0 saturated heterocycles. The van der Waals surface area contributed by atoms with Gasteiger partial charge in [-0.1, -0.05) is 24.3 Å². The first-order valence-electron chi connectivity index (χ1n) is 9.11. The summed E-state index contributed by atoms with van der Waals surface area (Å²) in [7, 11) is 0. The van der Waals surface area contributed by atoms with Crippen molar-refractivity contribution in [2.24, 2.45) is 0 Å². The van der Waals surface area contributed by atoms with E-state index < -0.39 is 0 Å². The Hall–Kier alpha value is -3.54. The molecule has 0 aliphatic carbocycles. The van der Waals surface area contributed by atoms with Gasteiger partial charge in [0, 0.05) is 18.8 Å². The molecule has 1 aromatic heterocycles. The highest BCUT2D eigenvalue weighted by atomic mass is 16.5. The van der Waals surface area contributed by atoms with Gasteiger partial charge in [0.1, 0.15) is 5.75 Å². The predicted molar refractivity (Wildman–Crippen MR) is 104 cm³/mol. The van der Waals surface area contributed by atoms with Crippen LogP contribution in [-0.4, -0.2) is 29.9 Å². The molecule has 0 unspecified atom stereocenters. The number of anilines is 1. The minimum Gasteiger partial charge on any atom is -0.484 e. The molecule has 0 saturated carbocycles. The second kappa shape index (κ2) is 8.00. The van der Waals surface area contributed by atoms with E-state index in [0.29, 0.717) is 30.3 Å². The Morgan fingerprint density at radius 3 is 2.68 bits per heavy atom. The number of ether oxygens (including phenoxy) is 1. The number of nitrogens with zero attached hydrogens (tertiary/aromatic N) is 1. The first kappa shape index (κ1) is 17.9. The topological polar surface area (TPSA) is 71.8 Å². The van der Waals surface area contributed by atoms with Crippen molar-refractivity contribution in [3.05, 3.63) is 83.8 Å². The SMILES string of the molecule is O=C(COc1ccccc1)Nc1ccc2c(c1)CN(C(=O)c1ccco1)CC2. The van der Waals surface area contributed by atoms with Crippen LogP contribution in [0.15, 0.2) is 71.3 Å². The summed E-state index contributed by atoms with van der Waals surface area (Å²) < 4.78 is 10.7. The van der Waals surface area contributed by atoms with Crippen LogP contribution >= 0.6 is 0 Å². The van der Waals surface area contributed by atoms with Crippen molar-refractivity contribution in [2.75, 3.05) is 18.5 Å². The van der Waals surface area contributed by atoms with Gasteiger partial charge < -0.3 is 19.4 Å². The van der Waals surface area contributed by atoms with Gasteiger partial charge in [0.05, 0.1) is 6.26 Å². The fraction of sp³-hybridized carbons (Fsp3) is 0.182. The third-order valence-corrected chi connectivity index (χ3v) is 4.63. The van der Waals surface area contributed by atoms with Gasteiger partial charge in [-0.2, -0.15) is 0 Å². The van der Waals surface area contributed by atoms with Crippen LogP contribution in [0.1, 0.15) is 21.7 Å². The van der Waals surface area contributed by atoms with Crippen molar-refractivity contribution in [3.63, 3.8) is 0 Å². The second-order valence-corrected chi connectivity index (χ2v) is 6.59. The maximum absolute atomic E-state index is 12.5. The molecule has 0 atom stereocenters. The van der Waals surface area contributed by atoms with E-state index in [4.69, 9.17) is 9.15 Å². The third kappa shape index (κ3) is 4.06. The number of carbonyl (C=O) groups excluding carboxylic acids is 2. The quantitative estimate of drug-likeness (QED) is 0.740. The van der Waals surface area contributed by atoms with Crippen molar-refractivity contribution in [1.29, 1.82) is 0 Å². The van der Waals surface area contributed by atoms with Crippen LogP contribution in [0.4, 0.5) is 5.69 Å². The number of fused-ring (bicyclic) bond motifs is 1. The van der Waals surface area contributed by atoms with E-state index in [1.165, 1.54) is 11.8 Å². The Bertz CT molecular complexity index is 967. The fourth-order valence-corrected chi connectivity index (χ4v) is 3.23. The number of nitrogens with one attached hydrogen (secondary N) is 1. The minimum atomic E-state index is -0.233. The van der Waals surface area contributed by atoms with Gasteiger partial charge in [0.2, 0.25) is 0 Å². The molecule has 28 heavy (non-hydrogen) atoms. The monoisotopic (exact) mass is 376 g/mol. The molecule has 1 aliphatic rings. The van der Waals surface area contributed by atoms with Gasteiger partial charge in [-0.15, -0.1) is 0 Å². The first-order valence-corrected chi connectivity index (χ1v) is 9.11. The van der Waals surface area contributed by atoms with Gasteiger partial charge >= 0.3 is 0 Å². The molecule has 0 bridgehead atoms. The molecule has 2 aromatic carbocycles. The van der Waals surface area contributed by atoms with Crippen LogP contribution in [0.2, 0.25) is 0 Å². The number of hydrogen-bond donors (Lipinski definition) is 1. The molecule has 6 nitrogen and oxygen atoms in total. The van der Waals surface area contributed by atoms with E-state index in [1.807, 2.05) is 36.4 Å². The van der Waals surface area contributed by atoms with Crippen molar-refractivity contribution in [1.82, 2.24) is 4.90 Å². The molecule has 1 N–H and O–H groups in total. The van der Waals surface area contributed by atoms with Crippen LogP contribution in [0, 0.1) is 0 Å². The van der Waals surface area contributed by atoms with E-state index in [2.05, 4.69) is 5.32 Å². The maximum Gasteiger partial charge on any atom is 0.289 e. The summed E-state index contributed by atoms with van der Waals surface area (Å²) in [5, 5.41) is 2.85. The smallest absolute Gasteiger partial charge is 0.289 e. The average molecular weight is 376 g/mol. The van der Waals surface area contributed by atoms with Gasteiger partial charge in [0.25, 0.3) is 11.8 Å². The van der Waals surface area contributed by atoms with Crippen molar-refractivity contribution >= 4 is 17.5 Å². The lowest BCUT2D eigenvalue weighted by atomic mass is 9.99. The molecule has 3 aromatic rings. The highest BCUT2D eigenvalue weighted by Gasteiger charge is 2.23. The molecule has 1 aliphatic heterocycles. The Morgan fingerprint density at radius 2 is 1.89 bits per heavy atom. The molecule has 142 valence electrons. The summed E-state index contributed by atoms with van der Waals surface area (Å²) >= 11 is 0. The fourth-order valence-electron chi connectivity index (χ4n) is 3.23. The van der Waals surface area contributed by atoms with Crippen LogP contribution in [-0.2, 0) is 17.8 Å². The first-order chi connectivity index (χ1) is 13.7. The molecule has 6 heteroatoms. The van der Waals surface area contributed by atoms with Crippen LogP contribution in [0.25, 0.3) is 0 Å². The Labute approximate surface area is 162 Å². The summed E-state index contributed by atoms with van der Waals surface area (Å²) in [4.78, 5) is 26.4. The van der Waals surface area contributed by atoms with E-state index in [-0.39, 0.29) is 18.4 Å². The zero-order valence-electron chi connectivity index (χ0n) is 15.3. The van der Waals surface area contributed by atoms with Crippen LogP contribution in [0.3, 0.4) is 0 Å². The van der Waals surface area contributed by atoms with Crippen molar-refractivity contribution < 1.29 is 18.7 Å². The normalized spacial score (nSPS) is 12.9. The standard InChI is InChI=1S/C22H20N2O4/c25-21(15-28-19-5-2-1-3-6-19)23-18-9-8-16-10-11-24(14-17(16)13-18)22(26)20-7-4-12-27-20/h1-9,12-13H,10-11,14-15H2,(H,23,25). The lowest BCUT2D eigenvalue weighted by Crippen LogP contribution is -2.35. The maximum atomic E-state index is 12.5. The van der Waals surface area contributed by atoms with Gasteiger partial charge in [-0.05, 0) is 53.9 Å².